The predicted molar refractivity (Wildman–Crippen MR) is 98.4 cm³/mol. The van der Waals surface area contributed by atoms with E-state index in [9.17, 15) is 4.79 Å². The van der Waals surface area contributed by atoms with Crippen molar-refractivity contribution in [2.24, 2.45) is 0 Å². The van der Waals surface area contributed by atoms with Gasteiger partial charge in [0.25, 0.3) is 0 Å². The number of aromatic nitrogens is 2. The van der Waals surface area contributed by atoms with E-state index < -0.39 is 5.97 Å². The Morgan fingerprint density at radius 2 is 1.93 bits per heavy atom. The molecule has 0 radical (unpaired) electrons. The van der Waals surface area contributed by atoms with Crippen LogP contribution in [0, 0.1) is 0 Å². The molecule has 0 aliphatic rings. The quantitative estimate of drug-likeness (QED) is 0.440. The van der Waals surface area contributed by atoms with Gasteiger partial charge in [-0.3, -0.25) is 0 Å². The van der Waals surface area contributed by atoms with Crippen LogP contribution in [0.15, 0.2) is 40.9 Å². The average molecular weight is 409 g/mol. The Hall–Kier alpha value is -2.77. The molecule has 0 saturated heterocycles. The first kappa shape index (κ1) is 19.0. The van der Waals surface area contributed by atoms with Crippen molar-refractivity contribution in [3.05, 3.63) is 58.0 Å². The number of methoxy groups -OCH3 is 2. The largest absolute Gasteiger partial charge is 0.497 e. The maximum Gasteiger partial charge on any atom is 0.360 e. The van der Waals surface area contributed by atoms with Gasteiger partial charge in [0.1, 0.15) is 23.3 Å². The summed E-state index contributed by atoms with van der Waals surface area (Å²) in [6.45, 7) is -0.150. The Labute approximate surface area is 164 Å². The summed E-state index contributed by atoms with van der Waals surface area (Å²) < 4.78 is 20.9. The number of hydrogen-bond donors (Lipinski definition) is 0. The highest BCUT2D eigenvalue weighted by molar-refractivity contribution is 6.32. The molecule has 0 aliphatic heterocycles. The molecule has 2 heterocycles. The number of esters is 1. The standard InChI is InChI=1S/C18H14Cl2N2O5/c1-24-10-3-5-15(25-2)11(7-10)16-8-13(22-27-16)18(23)26-9-14-12(19)4-6-17(20)21-14/h3-8H,9H2,1-2H3. The zero-order chi connectivity index (χ0) is 19.4. The van der Waals surface area contributed by atoms with Gasteiger partial charge >= 0.3 is 5.97 Å². The molecule has 3 rings (SSSR count). The highest BCUT2D eigenvalue weighted by Crippen LogP contribution is 2.33. The summed E-state index contributed by atoms with van der Waals surface area (Å²) in [6.07, 6.45) is 0. The van der Waals surface area contributed by atoms with Gasteiger partial charge < -0.3 is 18.7 Å². The van der Waals surface area contributed by atoms with Crippen molar-refractivity contribution in [2.75, 3.05) is 14.2 Å². The van der Waals surface area contributed by atoms with Gasteiger partial charge in [-0.1, -0.05) is 28.4 Å². The van der Waals surface area contributed by atoms with Crippen LogP contribution in [-0.2, 0) is 11.3 Å². The molecule has 9 heteroatoms. The molecular formula is C18H14Cl2N2O5. The Bertz CT molecular complexity index is 974. The van der Waals surface area contributed by atoms with Gasteiger partial charge in [0, 0.05) is 6.07 Å². The number of rotatable bonds is 6. The van der Waals surface area contributed by atoms with Crippen LogP contribution < -0.4 is 9.47 Å². The molecule has 0 N–H and O–H groups in total. The molecule has 0 atom stereocenters. The average Bonchev–Trinajstić information content (AvgIpc) is 3.18. The summed E-state index contributed by atoms with van der Waals surface area (Å²) in [5.74, 6) is 0.788. The Kier molecular flexibility index (Phi) is 5.83. The molecule has 0 aliphatic carbocycles. The fourth-order valence-electron chi connectivity index (χ4n) is 2.27. The van der Waals surface area contributed by atoms with E-state index in [2.05, 4.69) is 10.1 Å². The number of hydrogen-bond acceptors (Lipinski definition) is 7. The van der Waals surface area contributed by atoms with Gasteiger partial charge in [-0.2, -0.15) is 0 Å². The summed E-state index contributed by atoms with van der Waals surface area (Å²) in [6, 6.07) is 9.75. The number of benzene rings is 1. The van der Waals surface area contributed by atoms with E-state index in [1.54, 1.807) is 37.4 Å². The van der Waals surface area contributed by atoms with Crippen LogP contribution in [0.25, 0.3) is 11.3 Å². The number of carbonyl (C=O) groups excluding carboxylic acids is 1. The highest BCUT2D eigenvalue weighted by atomic mass is 35.5. The van der Waals surface area contributed by atoms with E-state index in [-0.39, 0.29) is 17.5 Å². The summed E-state index contributed by atoms with van der Waals surface area (Å²) >= 11 is 11.8. The minimum atomic E-state index is -0.690. The van der Waals surface area contributed by atoms with Crippen LogP contribution in [-0.4, -0.2) is 30.3 Å². The van der Waals surface area contributed by atoms with Crippen LogP contribution in [0.3, 0.4) is 0 Å². The van der Waals surface area contributed by atoms with Gasteiger partial charge in [-0.15, -0.1) is 0 Å². The Morgan fingerprint density at radius 1 is 1.11 bits per heavy atom. The number of halogens is 2. The maximum atomic E-state index is 12.2. The molecule has 0 unspecified atom stereocenters. The van der Waals surface area contributed by atoms with Crippen LogP contribution in [0.4, 0.5) is 0 Å². The number of nitrogens with zero attached hydrogens (tertiary/aromatic N) is 2. The fraction of sp³-hybridized carbons (Fsp3) is 0.167. The van der Waals surface area contributed by atoms with Crippen molar-refractivity contribution < 1.29 is 23.5 Å². The molecule has 7 nitrogen and oxygen atoms in total. The van der Waals surface area contributed by atoms with Crippen LogP contribution in [0.5, 0.6) is 11.5 Å². The molecule has 3 aromatic rings. The van der Waals surface area contributed by atoms with Gasteiger partial charge in [0.15, 0.2) is 11.5 Å². The predicted octanol–water partition coefficient (Wildman–Crippen LogP) is 4.42. The van der Waals surface area contributed by atoms with Gasteiger partial charge in [0.05, 0.1) is 30.5 Å². The number of ether oxygens (including phenoxy) is 3. The van der Waals surface area contributed by atoms with Crippen molar-refractivity contribution >= 4 is 29.2 Å². The first-order valence-corrected chi connectivity index (χ1v) is 8.44. The second-order valence-corrected chi connectivity index (χ2v) is 6.08. The lowest BCUT2D eigenvalue weighted by Gasteiger charge is -2.07. The van der Waals surface area contributed by atoms with E-state index >= 15 is 0 Å². The first-order chi connectivity index (χ1) is 13.0. The third-order valence-electron chi connectivity index (χ3n) is 3.62. The molecule has 140 valence electrons. The molecule has 0 saturated carbocycles. The molecule has 2 aromatic heterocycles. The van der Waals surface area contributed by atoms with Gasteiger partial charge in [0.2, 0.25) is 0 Å². The summed E-state index contributed by atoms with van der Waals surface area (Å²) in [5, 5.41) is 4.34. The second kappa shape index (κ2) is 8.28. The van der Waals surface area contributed by atoms with Crippen molar-refractivity contribution in [1.82, 2.24) is 10.1 Å². The molecule has 27 heavy (non-hydrogen) atoms. The molecule has 0 spiro atoms. The minimum Gasteiger partial charge on any atom is -0.497 e. The molecule has 1 aromatic carbocycles. The zero-order valence-corrected chi connectivity index (χ0v) is 15.9. The topological polar surface area (TPSA) is 83.7 Å². The summed E-state index contributed by atoms with van der Waals surface area (Å²) in [4.78, 5) is 16.2. The SMILES string of the molecule is COc1ccc(OC)c(-c2cc(C(=O)OCc3nc(Cl)ccc3Cl)no2)c1. The van der Waals surface area contributed by atoms with E-state index in [1.807, 2.05) is 0 Å². The van der Waals surface area contributed by atoms with Crippen molar-refractivity contribution in [1.29, 1.82) is 0 Å². The molecule has 0 fully saturated rings. The minimum absolute atomic E-state index is 0.00646. The second-order valence-electron chi connectivity index (χ2n) is 5.28. The monoisotopic (exact) mass is 408 g/mol. The fourth-order valence-corrected chi connectivity index (χ4v) is 2.60. The van der Waals surface area contributed by atoms with Gasteiger partial charge in [-0.05, 0) is 30.3 Å². The Morgan fingerprint density at radius 3 is 2.67 bits per heavy atom. The van der Waals surface area contributed by atoms with Crippen LogP contribution >= 0.6 is 23.2 Å². The highest BCUT2D eigenvalue weighted by Gasteiger charge is 2.19. The van der Waals surface area contributed by atoms with E-state index in [0.717, 1.165) is 0 Å². The Balaban J connectivity index is 1.77. The van der Waals surface area contributed by atoms with Crippen molar-refractivity contribution in [3.8, 4) is 22.8 Å². The maximum absolute atomic E-state index is 12.2. The molecule has 0 bridgehead atoms. The van der Waals surface area contributed by atoms with E-state index in [0.29, 0.717) is 33.5 Å². The van der Waals surface area contributed by atoms with Gasteiger partial charge in [-0.25, -0.2) is 9.78 Å². The molecular weight excluding hydrogens is 395 g/mol. The lowest BCUT2D eigenvalue weighted by molar-refractivity contribution is 0.0456. The van der Waals surface area contributed by atoms with Crippen LogP contribution in [0.1, 0.15) is 16.2 Å². The lowest BCUT2D eigenvalue weighted by Crippen LogP contribution is -2.06. The number of carbonyl (C=O) groups is 1. The smallest absolute Gasteiger partial charge is 0.360 e. The summed E-state index contributed by atoms with van der Waals surface area (Å²) in [5.41, 5.74) is 0.923. The van der Waals surface area contributed by atoms with Crippen LogP contribution in [0.2, 0.25) is 10.2 Å². The van der Waals surface area contributed by atoms with E-state index in [1.165, 1.54) is 13.2 Å². The summed E-state index contributed by atoms with van der Waals surface area (Å²) in [7, 11) is 3.07. The van der Waals surface area contributed by atoms with Crippen molar-refractivity contribution in [3.63, 3.8) is 0 Å². The lowest BCUT2D eigenvalue weighted by atomic mass is 10.1. The third-order valence-corrected chi connectivity index (χ3v) is 4.17. The van der Waals surface area contributed by atoms with E-state index in [4.69, 9.17) is 41.9 Å². The van der Waals surface area contributed by atoms with Crippen molar-refractivity contribution in [2.45, 2.75) is 6.61 Å². The third kappa shape index (κ3) is 4.32. The zero-order valence-electron chi connectivity index (χ0n) is 14.4. The first-order valence-electron chi connectivity index (χ1n) is 7.69. The number of pyridine rings is 1. The normalized spacial score (nSPS) is 10.5. The molecule has 0 amide bonds.